The largest absolute Gasteiger partial charge is 0.399 e. The first-order valence-corrected chi connectivity index (χ1v) is 6.93. The third-order valence-electron chi connectivity index (χ3n) is 4.40. The van der Waals surface area contributed by atoms with E-state index >= 15 is 0 Å². The molecule has 0 bridgehead atoms. The maximum atomic E-state index is 5.84. The van der Waals surface area contributed by atoms with E-state index in [4.69, 9.17) is 10.5 Å². The summed E-state index contributed by atoms with van der Waals surface area (Å²) in [7, 11) is 1.82. The molecule has 3 heteroatoms. The molecule has 98 valence electrons. The normalized spacial score (nSPS) is 30.6. The summed E-state index contributed by atoms with van der Waals surface area (Å²) in [6.45, 7) is 0. The maximum Gasteiger partial charge on any atom is 0.0586 e. The van der Waals surface area contributed by atoms with Crippen LogP contribution in [0, 0.1) is 0 Å². The van der Waals surface area contributed by atoms with Crippen LogP contribution in [0.25, 0.3) is 0 Å². The van der Waals surface area contributed by atoms with Crippen molar-refractivity contribution in [3.8, 4) is 0 Å². The third kappa shape index (κ3) is 2.25. The van der Waals surface area contributed by atoms with E-state index in [0.29, 0.717) is 18.2 Å². The lowest BCUT2D eigenvalue weighted by Crippen LogP contribution is -2.30. The molecule has 1 aromatic rings. The number of rotatable bonds is 3. The van der Waals surface area contributed by atoms with Crippen molar-refractivity contribution in [1.29, 1.82) is 0 Å². The molecule has 3 N–H and O–H groups in total. The van der Waals surface area contributed by atoms with Crippen LogP contribution in [-0.2, 0) is 11.2 Å². The second kappa shape index (κ2) is 4.90. The molecule has 1 fully saturated rings. The Hall–Kier alpha value is -1.06. The zero-order valence-corrected chi connectivity index (χ0v) is 11.0. The van der Waals surface area contributed by atoms with E-state index in [-0.39, 0.29) is 0 Å². The van der Waals surface area contributed by atoms with Gasteiger partial charge in [-0.15, -0.1) is 0 Å². The average molecular weight is 246 g/mol. The van der Waals surface area contributed by atoms with Crippen molar-refractivity contribution in [3.05, 3.63) is 29.3 Å². The Bertz CT molecular complexity index is 433. The number of anilines is 1. The Morgan fingerprint density at radius 1 is 1.28 bits per heavy atom. The van der Waals surface area contributed by atoms with Crippen LogP contribution in [0.2, 0.25) is 0 Å². The number of ether oxygens (including phenoxy) is 1. The quantitative estimate of drug-likeness (QED) is 0.805. The van der Waals surface area contributed by atoms with Gasteiger partial charge in [-0.1, -0.05) is 6.07 Å². The standard InChI is InChI=1S/C15H22N2O/c1-18-13-5-4-12(9-13)17-15-7-2-10-8-11(16)3-6-14(10)15/h3,6,8,12-13,15,17H,2,4-5,7,9,16H2,1H3. The first-order valence-electron chi connectivity index (χ1n) is 6.93. The summed E-state index contributed by atoms with van der Waals surface area (Å²) >= 11 is 0. The highest BCUT2D eigenvalue weighted by Gasteiger charge is 2.29. The van der Waals surface area contributed by atoms with E-state index in [1.807, 2.05) is 13.2 Å². The second-order valence-corrected chi connectivity index (χ2v) is 5.58. The number of benzene rings is 1. The number of nitrogens with one attached hydrogen (secondary N) is 1. The van der Waals surface area contributed by atoms with E-state index in [1.54, 1.807) is 0 Å². The topological polar surface area (TPSA) is 47.3 Å². The number of hydrogen-bond donors (Lipinski definition) is 2. The van der Waals surface area contributed by atoms with Gasteiger partial charge in [0.2, 0.25) is 0 Å². The van der Waals surface area contributed by atoms with Gasteiger partial charge in [-0.25, -0.2) is 0 Å². The molecule has 0 spiro atoms. The Morgan fingerprint density at radius 3 is 2.94 bits per heavy atom. The molecule has 0 aromatic heterocycles. The summed E-state index contributed by atoms with van der Waals surface area (Å²) < 4.78 is 5.43. The fraction of sp³-hybridized carbons (Fsp3) is 0.600. The molecular weight excluding hydrogens is 224 g/mol. The SMILES string of the molecule is COC1CCC(NC2CCc3cc(N)ccc32)C1. The minimum absolute atomic E-state index is 0.454. The van der Waals surface area contributed by atoms with Crippen LogP contribution in [0.3, 0.4) is 0 Å². The van der Waals surface area contributed by atoms with Crippen LogP contribution in [0.1, 0.15) is 42.9 Å². The number of aryl methyl sites for hydroxylation is 1. The van der Waals surface area contributed by atoms with Crippen molar-refractivity contribution in [1.82, 2.24) is 5.32 Å². The number of nitrogens with two attached hydrogens (primary N) is 1. The Kier molecular flexibility index (Phi) is 3.27. The minimum Gasteiger partial charge on any atom is -0.399 e. The van der Waals surface area contributed by atoms with Crippen LogP contribution in [-0.4, -0.2) is 19.3 Å². The zero-order chi connectivity index (χ0) is 12.5. The maximum absolute atomic E-state index is 5.84. The van der Waals surface area contributed by atoms with Crippen LogP contribution in [0.5, 0.6) is 0 Å². The van der Waals surface area contributed by atoms with Gasteiger partial charge >= 0.3 is 0 Å². The van der Waals surface area contributed by atoms with Crippen LogP contribution < -0.4 is 11.1 Å². The van der Waals surface area contributed by atoms with Crippen molar-refractivity contribution in [2.45, 2.75) is 50.3 Å². The summed E-state index contributed by atoms with van der Waals surface area (Å²) in [6, 6.07) is 7.47. The number of hydrogen-bond acceptors (Lipinski definition) is 3. The predicted octanol–water partition coefficient (Wildman–Crippen LogP) is 2.41. The van der Waals surface area contributed by atoms with Gasteiger partial charge in [-0.3, -0.25) is 0 Å². The highest BCUT2D eigenvalue weighted by atomic mass is 16.5. The lowest BCUT2D eigenvalue weighted by Gasteiger charge is -2.20. The minimum atomic E-state index is 0.454. The molecule has 0 aliphatic heterocycles. The lowest BCUT2D eigenvalue weighted by molar-refractivity contribution is 0.106. The van der Waals surface area contributed by atoms with Crippen molar-refractivity contribution < 1.29 is 4.74 Å². The molecule has 3 rings (SSSR count). The molecule has 1 aromatic carbocycles. The van der Waals surface area contributed by atoms with Gasteiger partial charge in [-0.2, -0.15) is 0 Å². The van der Waals surface area contributed by atoms with E-state index < -0.39 is 0 Å². The molecule has 0 radical (unpaired) electrons. The van der Waals surface area contributed by atoms with E-state index in [0.717, 1.165) is 18.5 Å². The summed E-state index contributed by atoms with van der Waals surface area (Å²) in [6.07, 6.45) is 6.38. The van der Waals surface area contributed by atoms with E-state index in [2.05, 4.69) is 17.4 Å². The third-order valence-corrected chi connectivity index (χ3v) is 4.40. The molecule has 1 saturated carbocycles. The number of methoxy groups -OCH3 is 1. The molecule has 0 saturated heterocycles. The monoisotopic (exact) mass is 246 g/mol. The predicted molar refractivity (Wildman–Crippen MR) is 73.5 cm³/mol. The van der Waals surface area contributed by atoms with Crippen molar-refractivity contribution >= 4 is 5.69 Å². The van der Waals surface area contributed by atoms with Gasteiger partial charge in [0.15, 0.2) is 0 Å². The molecule has 2 aliphatic rings. The zero-order valence-electron chi connectivity index (χ0n) is 11.0. The molecule has 3 atom stereocenters. The Morgan fingerprint density at radius 2 is 2.17 bits per heavy atom. The lowest BCUT2D eigenvalue weighted by atomic mass is 10.1. The summed E-state index contributed by atoms with van der Waals surface area (Å²) in [5.74, 6) is 0. The van der Waals surface area contributed by atoms with Gasteiger partial charge in [0.05, 0.1) is 6.10 Å². The van der Waals surface area contributed by atoms with Gasteiger partial charge in [0.25, 0.3) is 0 Å². The first kappa shape index (κ1) is 12.0. The van der Waals surface area contributed by atoms with Crippen LogP contribution in [0.4, 0.5) is 5.69 Å². The summed E-state index contributed by atoms with van der Waals surface area (Å²) in [5.41, 5.74) is 9.60. The average Bonchev–Trinajstić information content (AvgIpc) is 2.97. The fourth-order valence-electron chi connectivity index (χ4n) is 3.40. The highest BCUT2D eigenvalue weighted by molar-refractivity contribution is 5.47. The molecule has 18 heavy (non-hydrogen) atoms. The summed E-state index contributed by atoms with van der Waals surface area (Å²) in [4.78, 5) is 0. The van der Waals surface area contributed by atoms with Crippen LogP contribution >= 0.6 is 0 Å². The van der Waals surface area contributed by atoms with Crippen molar-refractivity contribution in [2.24, 2.45) is 0 Å². The molecule has 3 nitrogen and oxygen atoms in total. The van der Waals surface area contributed by atoms with Gasteiger partial charge < -0.3 is 15.8 Å². The summed E-state index contributed by atoms with van der Waals surface area (Å²) in [5, 5.41) is 3.80. The van der Waals surface area contributed by atoms with Crippen molar-refractivity contribution in [2.75, 3.05) is 12.8 Å². The van der Waals surface area contributed by atoms with E-state index in [1.165, 1.54) is 30.4 Å². The highest BCUT2D eigenvalue weighted by Crippen LogP contribution is 2.34. The Balaban J connectivity index is 1.66. The van der Waals surface area contributed by atoms with Gasteiger partial charge in [0.1, 0.15) is 0 Å². The fourth-order valence-corrected chi connectivity index (χ4v) is 3.40. The number of nitrogen functional groups attached to an aromatic ring is 1. The first-order chi connectivity index (χ1) is 8.76. The molecule has 3 unspecified atom stereocenters. The smallest absolute Gasteiger partial charge is 0.0586 e. The number of fused-ring (bicyclic) bond motifs is 1. The van der Waals surface area contributed by atoms with Gasteiger partial charge in [0, 0.05) is 24.9 Å². The van der Waals surface area contributed by atoms with Gasteiger partial charge in [-0.05, 0) is 55.4 Å². The molecule has 2 aliphatic carbocycles. The molecule has 0 heterocycles. The Labute approximate surface area is 109 Å². The van der Waals surface area contributed by atoms with Crippen LogP contribution in [0.15, 0.2) is 18.2 Å². The van der Waals surface area contributed by atoms with Crippen molar-refractivity contribution in [3.63, 3.8) is 0 Å². The second-order valence-electron chi connectivity index (χ2n) is 5.58. The molecule has 0 amide bonds. The van der Waals surface area contributed by atoms with E-state index in [9.17, 15) is 0 Å². The molecular formula is C15H22N2O.